The van der Waals surface area contributed by atoms with Crippen LogP contribution < -0.4 is 10.1 Å². The molecule has 0 aromatic heterocycles. The zero-order chi connectivity index (χ0) is 18.6. The van der Waals surface area contributed by atoms with E-state index in [1.54, 1.807) is 18.9 Å². The fourth-order valence-corrected chi connectivity index (χ4v) is 4.00. The standard InChI is InChI=1S/C22H18N2OS2/c1-25-16-9-7-15(8-10-16)20-14-22(26)24-19-12-11-18(13-21(19)23-20)27-17-5-3-2-4-6-17/h2-13H,14H2,1H3,(H,24,26). The lowest BCUT2D eigenvalue weighted by molar-refractivity contribution is 0.415. The minimum Gasteiger partial charge on any atom is -0.497 e. The summed E-state index contributed by atoms with van der Waals surface area (Å²) in [5.41, 5.74) is 3.85. The number of fused-ring (bicyclic) bond motifs is 1. The fraction of sp³-hybridized carbons (Fsp3) is 0.0909. The minimum absolute atomic E-state index is 0.609. The monoisotopic (exact) mass is 390 g/mol. The van der Waals surface area contributed by atoms with Gasteiger partial charge in [-0.3, -0.25) is 4.99 Å². The van der Waals surface area contributed by atoms with Crippen LogP contribution in [0.15, 0.2) is 87.6 Å². The number of rotatable bonds is 4. The van der Waals surface area contributed by atoms with Gasteiger partial charge in [0, 0.05) is 16.2 Å². The van der Waals surface area contributed by atoms with Gasteiger partial charge in [-0.25, -0.2) is 0 Å². The first-order chi connectivity index (χ1) is 13.2. The second-order valence-electron chi connectivity index (χ2n) is 6.11. The first kappa shape index (κ1) is 17.8. The number of aliphatic imine (C=N–C) groups is 1. The van der Waals surface area contributed by atoms with Crippen LogP contribution in [0.4, 0.5) is 11.4 Å². The van der Waals surface area contributed by atoms with E-state index < -0.39 is 0 Å². The number of nitrogens with one attached hydrogen (secondary N) is 1. The summed E-state index contributed by atoms with van der Waals surface area (Å²) in [6.45, 7) is 0. The molecule has 134 valence electrons. The molecule has 0 spiro atoms. The molecular weight excluding hydrogens is 372 g/mol. The van der Waals surface area contributed by atoms with E-state index >= 15 is 0 Å². The Labute approximate surface area is 168 Å². The molecular formula is C22H18N2OS2. The number of hydrogen-bond donors (Lipinski definition) is 1. The maximum absolute atomic E-state index is 5.51. The maximum Gasteiger partial charge on any atom is 0.118 e. The first-order valence-corrected chi connectivity index (χ1v) is 9.82. The van der Waals surface area contributed by atoms with Crippen LogP contribution in [0, 0.1) is 0 Å². The zero-order valence-electron chi connectivity index (χ0n) is 14.8. The van der Waals surface area contributed by atoms with E-state index in [1.165, 1.54) is 4.90 Å². The van der Waals surface area contributed by atoms with Crippen LogP contribution >= 0.6 is 24.0 Å². The molecule has 0 radical (unpaired) electrons. The highest BCUT2D eigenvalue weighted by atomic mass is 32.2. The first-order valence-electron chi connectivity index (χ1n) is 8.60. The third-order valence-electron chi connectivity index (χ3n) is 4.23. The Hall–Kier alpha value is -2.63. The summed E-state index contributed by atoms with van der Waals surface area (Å²) in [5.74, 6) is 0.829. The summed E-state index contributed by atoms with van der Waals surface area (Å²) >= 11 is 7.23. The van der Waals surface area contributed by atoms with E-state index in [0.717, 1.165) is 38.3 Å². The number of hydrogen-bond acceptors (Lipinski definition) is 4. The van der Waals surface area contributed by atoms with Crippen molar-refractivity contribution in [3.05, 3.63) is 78.4 Å². The largest absolute Gasteiger partial charge is 0.497 e. The highest BCUT2D eigenvalue weighted by molar-refractivity contribution is 7.99. The lowest BCUT2D eigenvalue weighted by Crippen LogP contribution is -2.12. The highest BCUT2D eigenvalue weighted by Gasteiger charge is 2.15. The van der Waals surface area contributed by atoms with Gasteiger partial charge in [0.15, 0.2) is 0 Å². The molecule has 0 fully saturated rings. The smallest absolute Gasteiger partial charge is 0.118 e. The molecule has 3 nitrogen and oxygen atoms in total. The van der Waals surface area contributed by atoms with Crippen LogP contribution in [0.2, 0.25) is 0 Å². The number of nitrogens with zero attached hydrogens (tertiary/aromatic N) is 1. The van der Waals surface area contributed by atoms with Gasteiger partial charge in [-0.15, -0.1) is 0 Å². The van der Waals surface area contributed by atoms with Gasteiger partial charge in [-0.05, 0) is 60.2 Å². The third-order valence-corrected chi connectivity index (χ3v) is 5.47. The highest BCUT2D eigenvalue weighted by Crippen LogP contribution is 2.36. The molecule has 0 aliphatic carbocycles. The van der Waals surface area contributed by atoms with Crippen LogP contribution in [-0.4, -0.2) is 17.8 Å². The maximum atomic E-state index is 5.51. The molecule has 4 rings (SSSR count). The average Bonchev–Trinajstić information content (AvgIpc) is 2.86. The molecule has 1 heterocycles. The van der Waals surface area contributed by atoms with E-state index in [-0.39, 0.29) is 0 Å². The SMILES string of the molecule is COc1ccc(C2=Nc3cc(Sc4ccccc4)ccc3NC(=S)C2)cc1. The summed E-state index contributed by atoms with van der Waals surface area (Å²) in [5, 5.41) is 3.32. The summed E-state index contributed by atoms with van der Waals surface area (Å²) < 4.78 is 5.25. The van der Waals surface area contributed by atoms with E-state index in [4.69, 9.17) is 21.9 Å². The summed E-state index contributed by atoms with van der Waals surface area (Å²) in [7, 11) is 1.67. The van der Waals surface area contributed by atoms with Crippen LogP contribution in [-0.2, 0) is 0 Å². The van der Waals surface area contributed by atoms with Crippen LogP contribution in [0.25, 0.3) is 0 Å². The van der Waals surface area contributed by atoms with Crippen molar-refractivity contribution in [2.45, 2.75) is 16.2 Å². The molecule has 0 atom stereocenters. The van der Waals surface area contributed by atoms with E-state index in [2.05, 4.69) is 29.6 Å². The summed E-state index contributed by atoms with van der Waals surface area (Å²) in [4.78, 5) is 8.05. The molecule has 3 aromatic carbocycles. The molecule has 1 aliphatic heterocycles. The summed E-state index contributed by atoms with van der Waals surface area (Å²) in [6, 6.07) is 24.5. The number of anilines is 1. The molecule has 3 aromatic rings. The predicted octanol–water partition coefficient (Wildman–Crippen LogP) is 6.11. The Kier molecular flexibility index (Phi) is 5.23. The van der Waals surface area contributed by atoms with Gasteiger partial charge < -0.3 is 10.1 Å². The third kappa shape index (κ3) is 4.21. The topological polar surface area (TPSA) is 33.6 Å². The van der Waals surface area contributed by atoms with Gasteiger partial charge in [-0.1, -0.05) is 42.2 Å². The van der Waals surface area contributed by atoms with Crippen molar-refractivity contribution >= 4 is 46.1 Å². The Morgan fingerprint density at radius 3 is 2.48 bits per heavy atom. The molecule has 0 bridgehead atoms. The molecule has 5 heteroatoms. The van der Waals surface area contributed by atoms with Crippen LogP contribution in [0.1, 0.15) is 12.0 Å². The second-order valence-corrected chi connectivity index (χ2v) is 7.75. The molecule has 0 unspecified atom stereocenters. The number of methoxy groups -OCH3 is 1. The van der Waals surface area contributed by atoms with Crippen molar-refractivity contribution in [3.63, 3.8) is 0 Å². The lowest BCUT2D eigenvalue weighted by atomic mass is 10.1. The van der Waals surface area contributed by atoms with Crippen molar-refractivity contribution in [1.29, 1.82) is 0 Å². The molecule has 1 N–H and O–H groups in total. The van der Waals surface area contributed by atoms with Gasteiger partial charge in [0.2, 0.25) is 0 Å². The molecule has 0 saturated carbocycles. The molecule has 0 amide bonds. The number of thiocarbonyl (C=S) groups is 1. The lowest BCUT2D eigenvalue weighted by Gasteiger charge is -2.08. The Morgan fingerprint density at radius 1 is 0.963 bits per heavy atom. The average molecular weight is 391 g/mol. The fourth-order valence-electron chi connectivity index (χ4n) is 2.88. The Bertz CT molecular complexity index is 999. The number of benzene rings is 3. The predicted molar refractivity (Wildman–Crippen MR) is 117 cm³/mol. The quantitative estimate of drug-likeness (QED) is 0.545. The van der Waals surface area contributed by atoms with Gasteiger partial charge in [-0.2, -0.15) is 0 Å². The molecule has 1 aliphatic rings. The molecule has 27 heavy (non-hydrogen) atoms. The summed E-state index contributed by atoms with van der Waals surface area (Å²) in [6.07, 6.45) is 0.609. The van der Waals surface area contributed by atoms with E-state index in [1.807, 2.05) is 48.5 Å². The van der Waals surface area contributed by atoms with Crippen molar-refractivity contribution in [2.24, 2.45) is 4.99 Å². The minimum atomic E-state index is 0.609. The van der Waals surface area contributed by atoms with E-state index in [0.29, 0.717) is 6.42 Å². The number of ether oxygens (including phenoxy) is 1. The van der Waals surface area contributed by atoms with Crippen molar-refractivity contribution in [2.75, 3.05) is 12.4 Å². The second kappa shape index (κ2) is 7.94. The van der Waals surface area contributed by atoms with Crippen molar-refractivity contribution < 1.29 is 4.74 Å². The Morgan fingerprint density at radius 2 is 1.74 bits per heavy atom. The van der Waals surface area contributed by atoms with Gasteiger partial charge in [0.1, 0.15) is 5.75 Å². The van der Waals surface area contributed by atoms with Crippen molar-refractivity contribution in [1.82, 2.24) is 0 Å². The normalized spacial score (nSPS) is 13.2. The molecule has 0 saturated heterocycles. The van der Waals surface area contributed by atoms with Crippen LogP contribution in [0.5, 0.6) is 5.75 Å². The van der Waals surface area contributed by atoms with Crippen molar-refractivity contribution in [3.8, 4) is 5.75 Å². The van der Waals surface area contributed by atoms with Crippen LogP contribution in [0.3, 0.4) is 0 Å². The van der Waals surface area contributed by atoms with Gasteiger partial charge in [0.05, 0.1) is 29.2 Å². The van der Waals surface area contributed by atoms with E-state index in [9.17, 15) is 0 Å². The zero-order valence-corrected chi connectivity index (χ0v) is 16.4. The van der Waals surface area contributed by atoms with Gasteiger partial charge >= 0.3 is 0 Å². The Balaban J connectivity index is 1.69. The van der Waals surface area contributed by atoms with Gasteiger partial charge in [0.25, 0.3) is 0 Å².